The highest BCUT2D eigenvalue weighted by atomic mass is 32.2. The number of benzene rings is 1. The van der Waals surface area contributed by atoms with E-state index in [9.17, 15) is 0 Å². The van der Waals surface area contributed by atoms with Gasteiger partial charge in [-0.1, -0.05) is 43.8 Å². The van der Waals surface area contributed by atoms with Gasteiger partial charge in [-0.15, -0.1) is 11.8 Å². The maximum Gasteiger partial charge on any atom is 0.104 e. The molecule has 0 spiro atoms. The number of nitriles is 1. The van der Waals surface area contributed by atoms with Crippen LogP contribution in [0, 0.1) is 11.3 Å². The maximum absolute atomic E-state index is 9.07. The number of hydrogen-bond donors (Lipinski definition) is 0. The van der Waals surface area contributed by atoms with Gasteiger partial charge in [-0.25, -0.2) is 0 Å². The van der Waals surface area contributed by atoms with Crippen molar-refractivity contribution in [3.05, 3.63) is 42.5 Å². The van der Waals surface area contributed by atoms with Crippen molar-refractivity contribution in [1.29, 1.82) is 5.26 Å². The summed E-state index contributed by atoms with van der Waals surface area (Å²) >= 11 is 1.54. The molecule has 0 aliphatic rings. The molecule has 0 saturated heterocycles. The van der Waals surface area contributed by atoms with E-state index in [1.165, 1.54) is 0 Å². The van der Waals surface area contributed by atoms with Gasteiger partial charge in [0.05, 0.1) is 6.07 Å². The molecule has 0 heterocycles. The Morgan fingerprint density at radius 3 is 2.53 bits per heavy atom. The van der Waals surface area contributed by atoms with E-state index in [0.717, 1.165) is 16.9 Å². The molecule has 0 saturated carbocycles. The Morgan fingerprint density at radius 2 is 2.07 bits per heavy atom. The van der Waals surface area contributed by atoms with Crippen LogP contribution in [0.5, 0.6) is 0 Å². The highest BCUT2D eigenvalue weighted by Gasteiger charge is 2.23. The average Bonchev–Trinajstić information content (AvgIpc) is 2.30. The van der Waals surface area contributed by atoms with E-state index in [-0.39, 0.29) is 4.75 Å². The third kappa shape index (κ3) is 3.14. The zero-order valence-electron chi connectivity index (χ0n) is 9.16. The second kappa shape index (κ2) is 5.04. The van der Waals surface area contributed by atoms with Crippen LogP contribution in [0.4, 0.5) is 0 Å². The monoisotopic (exact) mass is 217 g/mol. The zero-order valence-corrected chi connectivity index (χ0v) is 9.97. The van der Waals surface area contributed by atoms with Gasteiger partial charge in [-0.3, -0.25) is 0 Å². The molecular weight excluding hydrogens is 202 g/mol. The van der Waals surface area contributed by atoms with Crippen LogP contribution in [0.2, 0.25) is 0 Å². The van der Waals surface area contributed by atoms with Crippen molar-refractivity contribution in [1.82, 2.24) is 0 Å². The molecule has 1 rings (SSSR count). The molecule has 1 atom stereocenters. The molecule has 0 radical (unpaired) electrons. The minimum absolute atomic E-state index is 0.368. The average molecular weight is 217 g/mol. The first-order valence-corrected chi connectivity index (χ1v) is 5.77. The summed E-state index contributed by atoms with van der Waals surface area (Å²) in [4.78, 5) is 0.960. The van der Waals surface area contributed by atoms with Crippen LogP contribution >= 0.6 is 11.8 Å². The maximum atomic E-state index is 9.07. The van der Waals surface area contributed by atoms with E-state index in [1.807, 2.05) is 44.2 Å². The van der Waals surface area contributed by atoms with Crippen LogP contribution in [0.25, 0.3) is 4.91 Å². The summed E-state index contributed by atoms with van der Waals surface area (Å²) in [6.45, 7) is 7.99. The Bertz CT molecular complexity index is 377. The lowest BCUT2D eigenvalue weighted by molar-refractivity contribution is 0.772. The fraction of sp³-hybridized carbons (Fsp3) is 0.308. The smallest absolute Gasteiger partial charge is 0.104 e. The topological polar surface area (TPSA) is 23.8 Å². The van der Waals surface area contributed by atoms with Gasteiger partial charge in [-0.2, -0.15) is 5.26 Å². The molecule has 0 N–H and O–H groups in total. The second-order valence-electron chi connectivity index (χ2n) is 3.59. The summed E-state index contributed by atoms with van der Waals surface area (Å²) in [5, 5.41) is 9.07. The molecule has 0 aliphatic heterocycles. The first-order valence-electron chi connectivity index (χ1n) is 4.96. The fourth-order valence-electron chi connectivity index (χ4n) is 1.13. The molecule has 1 aromatic rings. The van der Waals surface area contributed by atoms with E-state index in [1.54, 1.807) is 11.8 Å². The predicted molar refractivity (Wildman–Crippen MR) is 67.4 cm³/mol. The third-order valence-electron chi connectivity index (χ3n) is 2.36. The molecule has 0 fully saturated rings. The molecule has 1 nitrogen and oxygen atoms in total. The Balaban J connectivity index is 2.77. The van der Waals surface area contributed by atoms with Crippen molar-refractivity contribution in [3.8, 4) is 6.07 Å². The quantitative estimate of drug-likeness (QED) is 0.758. The van der Waals surface area contributed by atoms with Crippen molar-refractivity contribution in [2.45, 2.75) is 25.0 Å². The fourth-order valence-corrected chi connectivity index (χ4v) is 2.12. The van der Waals surface area contributed by atoms with Crippen molar-refractivity contribution in [2.75, 3.05) is 0 Å². The van der Waals surface area contributed by atoms with Gasteiger partial charge in [0.25, 0.3) is 0 Å². The van der Waals surface area contributed by atoms with Crippen LogP contribution in [0.15, 0.2) is 36.9 Å². The largest absolute Gasteiger partial charge is 0.197 e. The van der Waals surface area contributed by atoms with Gasteiger partial charge in [0, 0.05) is 4.91 Å². The van der Waals surface area contributed by atoms with E-state index in [0.29, 0.717) is 0 Å². The normalized spacial score (nSPS) is 13.9. The van der Waals surface area contributed by atoms with E-state index < -0.39 is 0 Å². The number of thioether (sulfide) groups is 1. The second-order valence-corrected chi connectivity index (χ2v) is 5.19. The zero-order chi connectivity index (χ0) is 11.3. The molecule has 0 bridgehead atoms. The lowest BCUT2D eigenvalue weighted by atomic mass is 10.1. The predicted octanol–water partition coefficient (Wildman–Crippen LogP) is 4.08. The van der Waals surface area contributed by atoms with Crippen LogP contribution in [0.3, 0.4) is 0 Å². The highest BCUT2D eigenvalue weighted by Crippen LogP contribution is 2.38. The van der Waals surface area contributed by atoms with Crippen LogP contribution in [-0.4, -0.2) is 4.75 Å². The van der Waals surface area contributed by atoms with Crippen LogP contribution in [0.1, 0.15) is 25.8 Å². The molecule has 1 aromatic carbocycles. The lowest BCUT2D eigenvalue weighted by Crippen LogP contribution is -2.15. The summed E-state index contributed by atoms with van der Waals surface area (Å²) in [7, 11) is 0. The van der Waals surface area contributed by atoms with Crippen molar-refractivity contribution in [3.63, 3.8) is 0 Å². The van der Waals surface area contributed by atoms with Crippen LogP contribution < -0.4 is 0 Å². The van der Waals surface area contributed by atoms with Gasteiger partial charge in [-0.05, 0) is 18.9 Å². The number of hydrogen-bond acceptors (Lipinski definition) is 2. The molecular formula is C13H15NS. The Morgan fingerprint density at radius 1 is 1.47 bits per heavy atom. The third-order valence-corrected chi connectivity index (χ3v) is 3.67. The summed E-state index contributed by atoms with van der Waals surface area (Å²) in [6.07, 6.45) is 0.819. The van der Waals surface area contributed by atoms with E-state index in [4.69, 9.17) is 5.26 Å². The Labute approximate surface area is 95.8 Å². The van der Waals surface area contributed by atoms with Gasteiger partial charge < -0.3 is 0 Å². The van der Waals surface area contributed by atoms with Crippen molar-refractivity contribution in [2.24, 2.45) is 0 Å². The van der Waals surface area contributed by atoms with E-state index in [2.05, 4.69) is 12.6 Å². The minimum Gasteiger partial charge on any atom is -0.197 e. The number of rotatable bonds is 4. The summed E-state index contributed by atoms with van der Waals surface area (Å²) < 4.78 is -0.368. The van der Waals surface area contributed by atoms with E-state index >= 15 is 0 Å². The Kier molecular flexibility index (Phi) is 3.99. The number of nitrogens with zero attached hydrogens (tertiary/aromatic N) is 1. The minimum atomic E-state index is -0.368. The van der Waals surface area contributed by atoms with Gasteiger partial charge >= 0.3 is 0 Å². The SMILES string of the molecule is C=C(SC(C)(C#N)CC)c1ccccc1. The highest BCUT2D eigenvalue weighted by molar-refractivity contribution is 8.09. The molecule has 78 valence electrons. The summed E-state index contributed by atoms with van der Waals surface area (Å²) in [6, 6.07) is 12.3. The van der Waals surface area contributed by atoms with Crippen molar-refractivity contribution < 1.29 is 0 Å². The first-order chi connectivity index (χ1) is 7.11. The Hall–Kier alpha value is -1.20. The van der Waals surface area contributed by atoms with Gasteiger partial charge in [0.2, 0.25) is 0 Å². The van der Waals surface area contributed by atoms with Gasteiger partial charge in [0.1, 0.15) is 4.75 Å². The summed E-state index contributed by atoms with van der Waals surface area (Å²) in [5.41, 5.74) is 1.09. The molecule has 0 aliphatic carbocycles. The molecule has 1 unspecified atom stereocenters. The standard InChI is InChI=1S/C13H15NS/c1-4-13(3,10-14)15-11(2)12-8-6-5-7-9-12/h5-9H,2,4H2,1,3H3. The van der Waals surface area contributed by atoms with Gasteiger partial charge in [0.15, 0.2) is 0 Å². The molecule has 0 amide bonds. The first kappa shape index (κ1) is 11.9. The molecule has 0 aromatic heterocycles. The van der Waals surface area contributed by atoms with Crippen molar-refractivity contribution >= 4 is 16.7 Å². The van der Waals surface area contributed by atoms with Crippen LogP contribution in [-0.2, 0) is 0 Å². The molecule has 2 heteroatoms. The molecule has 15 heavy (non-hydrogen) atoms. The summed E-state index contributed by atoms with van der Waals surface area (Å²) in [5.74, 6) is 0. The lowest BCUT2D eigenvalue weighted by Gasteiger charge is -2.19.